The summed E-state index contributed by atoms with van der Waals surface area (Å²) >= 11 is 0. The molecule has 0 saturated heterocycles. The largest absolute Gasteiger partial charge is 0.371 e. The van der Waals surface area contributed by atoms with Gasteiger partial charge in [-0.3, -0.25) is 0 Å². The van der Waals surface area contributed by atoms with Crippen LogP contribution in [0.25, 0.3) is 0 Å². The third-order valence-corrected chi connectivity index (χ3v) is 3.90. The van der Waals surface area contributed by atoms with Gasteiger partial charge >= 0.3 is 0 Å². The van der Waals surface area contributed by atoms with Crippen LogP contribution in [0.15, 0.2) is 24.3 Å². The van der Waals surface area contributed by atoms with Gasteiger partial charge in [-0.25, -0.2) is 0 Å². The molecule has 0 saturated carbocycles. The lowest BCUT2D eigenvalue weighted by Crippen LogP contribution is -2.35. The Morgan fingerprint density at radius 2 is 2.11 bits per heavy atom. The van der Waals surface area contributed by atoms with Crippen molar-refractivity contribution in [3.8, 4) is 0 Å². The smallest absolute Gasteiger partial charge is 0.0414 e. The highest BCUT2D eigenvalue weighted by atomic mass is 15.1. The van der Waals surface area contributed by atoms with Gasteiger partial charge in [-0.05, 0) is 43.9 Å². The molecule has 0 bridgehead atoms. The van der Waals surface area contributed by atoms with Crippen molar-refractivity contribution in [2.45, 2.75) is 39.2 Å². The molecular weight excluding hydrogens is 220 g/mol. The van der Waals surface area contributed by atoms with E-state index in [9.17, 15) is 0 Å². The van der Waals surface area contributed by atoms with Crippen LogP contribution in [0, 0.1) is 5.92 Å². The lowest BCUT2D eigenvalue weighted by molar-refractivity contribution is 0.497. The monoisotopic (exact) mass is 246 g/mol. The fourth-order valence-electron chi connectivity index (χ4n) is 2.85. The number of nitrogens with zero attached hydrogens (tertiary/aromatic N) is 1. The van der Waals surface area contributed by atoms with Gasteiger partial charge in [0.15, 0.2) is 0 Å². The Balaban J connectivity index is 2.05. The third-order valence-electron chi connectivity index (χ3n) is 3.90. The van der Waals surface area contributed by atoms with Gasteiger partial charge in [0.1, 0.15) is 0 Å². The van der Waals surface area contributed by atoms with Gasteiger partial charge in [0.05, 0.1) is 0 Å². The average molecular weight is 246 g/mol. The molecular formula is C16H26N2. The minimum Gasteiger partial charge on any atom is -0.371 e. The van der Waals surface area contributed by atoms with E-state index in [1.54, 1.807) is 0 Å². The lowest BCUT2D eigenvalue weighted by Gasteiger charge is -2.35. The number of hydrogen-bond donors (Lipinski definition) is 1. The Kier molecular flexibility index (Phi) is 4.65. The van der Waals surface area contributed by atoms with Crippen LogP contribution in [0.2, 0.25) is 0 Å². The van der Waals surface area contributed by atoms with Crippen molar-refractivity contribution >= 4 is 5.69 Å². The number of anilines is 1. The molecule has 1 aliphatic rings. The van der Waals surface area contributed by atoms with E-state index in [2.05, 4.69) is 55.4 Å². The van der Waals surface area contributed by atoms with Crippen LogP contribution >= 0.6 is 0 Å². The summed E-state index contributed by atoms with van der Waals surface area (Å²) in [5.74, 6) is 0.815. The number of benzene rings is 1. The van der Waals surface area contributed by atoms with Crippen molar-refractivity contribution in [1.29, 1.82) is 0 Å². The normalized spacial score (nSPS) is 19.1. The van der Waals surface area contributed by atoms with Crippen molar-refractivity contribution in [3.05, 3.63) is 29.8 Å². The summed E-state index contributed by atoms with van der Waals surface area (Å²) < 4.78 is 0. The first-order valence-corrected chi connectivity index (χ1v) is 7.23. The van der Waals surface area contributed by atoms with Crippen LogP contribution in [0.5, 0.6) is 0 Å². The first kappa shape index (κ1) is 13.4. The predicted molar refractivity (Wildman–Crippen MR) is 79.1 cm³/mol. The maximum Gasteiger partial charge on any atom is 0.0414 e. The summed E-state index contributed by atoms with van der Waals surface area (Å²) in [6.45, 7) is 6.99. The van der Waals surface area contributed by atoms with E-state index in [-0.39, 0.29) is 0 Å². The molecule has 0 spiro atoms. The van der Waals surface area contributed by atoms with Crippen LogP contribution in [0.3, 0.4) is 0 Å². The molecule has 2 nitrogen and oxygen atoms in total. The first-order valence-electron chi connectivity index (χ1n) is 7.23. The van der Waals surface area contributed by atoms with Crippen LogP contribution in [0.1, 0.15) is 44.7 Å². The van der Waals surface area contributed by atoms with Crippen molar-refractivity contribution in [3.63, 3.8) is 0 Å². The topological polar surface area (TPSA) is 15.3 Å². The second-order valence-corrected chi connectivity index (χ2v) is 5.71. The number of nitrogens with one attached hydrogen (secondary N) is 1. The quantitative estimate of drug-likeness (QED) is 0.854. The summed E-state index contributed by atoms with van der Waals surface area (Å²) in [4.78, 5) is 2.56. The summed E-state index contributed by atoms with van der Waals surface area (Å²) in [7, 11) is 2.07. The van der Waals surface area contributed by atoms with Gasteiger partial charge in [0.25, 0.3) is 0 Å². The van der Waals surface area contributed by atoms with Gasteiger partial charge in [-0.15, -0.1) is 0 Å². The van der Waals surface area contributed by atoms with Crippen LogP contribution in [-0.2, 0) is 0 Å². The fourth-order valence-corrected chi connectivity index (χ4v) is 2.85. The number of para-hydroxylation sites is 1. The van der Waals surface area contributed by atoms with Crippen molar-refractivity contribution < 1.29 is 0 Å². The number of hydrogen-bond acceptors (Lipinski definition) is 2. The molecule has 1 aliphatic heterocycles. The van der Waals surface area contributed by atoms with E-state index in [0.29, 0.717) is 6.04 Å². The second-order valence-electron chi connectivity index (χ2n) is 5.71. The minimum absolute atomic E-state index is 0.530. The van der Waals surface area contributed by atoms with Gasteiger partial charge in [-0.2, -0.15) is 0 Å². The summed E-state index contributed by atoms with van der Waals surface area (Å²) in [6.07, 6.45) is 3.85. The summed E-state index contributed by atoms with van der Waals surface area (Å²) in [5.41, 5.74) is 2.91. The molecule has 1 unspecified atom stereocenters. The zero-order valence-corrected chi connectivity index (χ0v) is 11.9. The zero-order valence-electron chi connectivity index (χ0n) is 11.9. The summed E-state index contributed by atoms with van der Waals surface area (Å²) in [5, 5.41) is 3.43. The third kappa shape index (κ3) is 3.05. The van der Waals surface area contributed by atoms with Crippen LogP contribution < -0.4 is 10.2 Å². The molecule has 2 rings (SSSR count). The fraction of sp³-hybridized carbons (Fsp3) is 0.625. The molecule has 1 aromatic rings. The first-order chi connectivity index (χ1) is 8.72. The Morgan fingerprint density at radius 1 is 1.33 bits per heavy atom. The van der Waals surface area contributed by atoms with Crippen molar-refractivity contribution in [1.82, 2.24) is 5.32 Å². The maximum absolute atomic E-state index is 3.43. The van der Waals surface area contributed by atoms with Crippen molar-refractivity contribution in [2.24, 2.45) is 5.92 Å². The summed E-state index contributed by atoms with van der Waals surface area (Å²) in [6, 6.07) is 9.38. The van der Waals surface area contributed by atoms with Gasteiger partial charge in [0, 0.05) is 24.8 Å². The standard InChI is InChI=1S/C16H26N2/c1-13(2)7-6-11-18-12-10-15(17-3)14-8-4-5-9-16(14)18/h4-5,8-9,13,15,17H,6-7,10-12H2,1-3H3. The van der Waals surface area contributed by atoms with Crippen molar-refractivity contribution in [2.75, 3.05) is 25.0 Å². The van der Waals surface area contributed by atoms with E-state index in [1.165, 1.54) is 43.6 Å². The van der Waals surface area contributed by atoms with Crippen LogP contribution in [0.4, 0.5) is 5.69 Å². The van der Waals surface area contributed by atoms with E-state index in [1.807, 2.05) is 0 Å². The highest BCUT2D eigenvalue weighted by molar-refractivity contribution is 5.56. The molecule has 0 aliphatic carbocycles. The molecule has 100 valence electrons. The Bertz CT molecular complexity index is 373. The molecule has 1 atom stereocenters. The molecule has 1 N–H and O–H groups in total. The van der Waals surface area contributed by atoms with Gasteiger partial charge in [-0.1, -0.05) is 32.0 Å². The Labute approximate surface area is 111 Å². The lowest BCUT2D eigenvalue weighted by atomic mass is 9.96. The van der Waals surface area contributed by atoms with Gasteiger partial charge < -0.3 is 10.2 Å². The molecule has 2 heteroatoms. The maximum atomic E-state index is 3.43. The van der Waals surface area contributed by atoms with Crippen LogP contribution in [-0.4, -0.2) is 20.1 Å². The van der Waals surface area contributed by atoms with Gasteiger partial charge in [0.2, 0.25) is 0 Å². The molecule has 0 radical (unpaired) electrons. The highest BCUT2D eigenvalue weighted by Gasteiger charge is 2.22. The second kappa shape index (κ2) is 6.24. The average Bonchev–Trinajstić information content (AvgIpc) is 2.38. The van der Waals surface area contributed by atoms with E-state index >= 15 is 0 Å². The molecule has 1 heterocycles. The Hall–Kier alpha value is -1.02. The molecule has 18 heavy (non-hydrogen) atoms. The SMILES string of the molecule is CNC1CCN(CCCC(C)C)c2ccccc21. The Morgan fingerprint density at radius 3 is 2.83 bits per heavy atom. The zero-order chi connectivity index (χ0) is 13.0. The van der Waals surface area contributed by atoms with E-state index in [0.717, 1.165) is 5.92 Å². The number of fused-ring (bicyclic) bond motifs is 1. The predicted octanol–water partition coefficient (Wildman–Crippen LogP) is 3.59. The minimum atomic E-state index is 0.530. The molecule has 0 aromatic heterocycles. The molecule has 0 fully saturated rings. The highest BCUT2D eigenvalue weighted by Crippen LogP contribution is 2.33. The number of rotatable bonds is 5. The van der Waals surface area contributed by atoms with E-state index in [4.69, 9.17) is 0 Å². The molecule has 1 aromatic carbocycles. The molecule has 0 amide bonds. The van der Waals surface area contributed by atoms with E-state index < -0.39 is 0 Å².